The lowest BCUT2D eigenvalue weighted by Gasteiger charge is -2.22. The maximum absolute atomic E-state index is 11.8. The number of rotatable bonds is 6. The highest BCUT2D eigenvalue weighted by Crippen LogP contribution is 1.99. The molecule has 0 atom stereocenters. The van der Waals surface area contributed by atoms with Crippen molar-refractivity contribution < 1.29 is 9.59 Å². The average Bonchev–Trinajstić information content (AvgIpc) is 2.13. The van der Waals surface area contributed by atoms with E-state index in [-0.39, 0.29) is 29.9 Å². The Bertz CT molecular complexity index is 282. The van der Waals surface area contributed by atoms with E-state index in [0.29, 0.717) is 13.0 Å². The van der Waals surface area contributed by atoms with Crippen molar-refractivity contribution in [3.05, 3.63) is 0 Å². The number of nitrogens with one attached hydrogen (secondary N) is 2. The second-order valence-electron chi connectivity index (χ2n) is 5.90. The summed E-state index contributed by atoms with van der Waals surface area (Å²) >= 11 is 0. The second kappa shape index (κ2) is 7.36. The van der Waals surface area contributed by atoms with Gasteiger partial charge < -0.3 is 15.5 Å². The number of hydrogen-bond acceptors (Lipinski definition) is 3. The predicted molar refractivity (Wildman–Crippen MR) is 73.3 cm³/mol. The minimum atomic E-state index is -0.121. The first-order valence-corrected chi connectivity index (χ1v) is 6.40. The number of carbonyl (C=O) groups is 2. The molecule has 0 radical (unpaired) electrons. The van der Waals surface area contributed by atoms with E-state index in [1.807, 2.05) is 13.8 Å². The first-order chi connectivity index (χ1) is 8.11. The average molecular weight is 257 g/mol. The maximum atomic E-state index is 11.8. The second-order valence-corrected chi connectivity index (χ2v) is 5.90. The molecule has 0 saturated carbocycles. The number of likely N-dealkylation sites (N-methyl/N-ethyl adjacent to an activating group) is 1. The molecule has 0 aliphatic carbocycles. The first-order valence-electron chi connectivity index (χ1n) is 6.40. The largest absolute Gasteiger partial charge is 0.352 e. The van der Waals surface area contributed by atoms with E-state index in [4.69, 9.17) is 0 Å². The van der Waals surface area contributed by atoms with E-state index in [9.17, 15) is 9.59 Å². The molecule has 0 unspecified atom stereocenters. The first kappa shape index (κ1) is 16.9. The smallest absolute Gasteiger partial charge is 0.239 e. The van der Waals surface area contributed by atoms with Crippen LogP contribution in [0.4, 0.5) is 0 Å². The van der Waals surface area contributed by atoms with Crippen LogP contribution in [0.1, 0.15) is 41.0 Å². The highest BCUT2D eigenvalue weighted by Gasteiger charge is 2.14. The topological polar surface area (TPSA) is 61.4 Å². The van der Waals surface area contributed by atoms with Crippen LogP contribution in [0.2, 0.25) is 0 Å². The van der Waals surface area contributed by atoms with Gasteiger partial charge in [-0.15, -0.1) is 0 Å². The van der Waals surface area contributed by atoms with Gasteiger partial charge in [0, 0.05) is 31.6 Å². The van der Waals surface area contributed by atoms with Crippen LogP contribution in [0.15, 0.2) is 0 Å². The quantitative estimate of drug-likeness (QED) is 0.738. The van der Waals surface area contributed by atoms with Gasteiger partial charge in [-0.25, -0.2) is 0 Å². The molecule has 0 bridgehead atoms. The Labute approximate surface area is 110 Å². The standard InChI is InChI=1S/C13H27N3O2/c1-10(2)15-11(17)9-16(6)12(18)7-8-14-13(3,4)5/h10,14H,7-9H2,1-6H3,(H,15,17). The molecule has 0 aromatic carbocycles. The molecular weight excluding hydrogens is 230 g/mol. The van der Waals surface area contributed by atoms with Gasteiger partial charge in [-0.05, 0) is 34.6 Å². The molecule has 2 amide bonds. The monoisotopic (exact) mass is 257 g/mol. The molecule has 18 heavy (non-hydrogen) atoms. The van der Waals surface area contributed by atoms with Crippen molar-refractivity contribution in [3.63, 3.8) is 0 Å². The Hall–Kier alpha value is -1.10. The van der Waals surface area contributed by atoms with Crippen LogP contribution in [-0.2, 0) is 9.59 Å². The van der Waals surface area contributed by atoms with Crippen molar-refractivity contribution in [1.82, 2.24) is 15.5 Å². The fourth-order valence-corrected chi connectivity index (χ4v) is 1.41. The lowest BCUT2D eigenvalue weighted by Crippen LogP contribution is -2.42. The number of nitrogens with zero attached hydrogens (tertiary/aromatic N) is 1. The third-order valence-corrected chi connectivity index (χ3v) is 2.25. The van der Waals surface area contributed by atoms with Gasteiger partial charge in [-0.1, -0.05) is 0 Å². The van der Waals surface area contributed by atoms with Crippen LogP contribution in [0.3, 0.4) is 0 Å². The zero-order valence-corrected chi connectivity index (χ0v) is 12.5. The molecule has 0 rings (SSSR count). The van der Waals surface area contributed by atoms with Gasteiger partial charge in [0.25, 0.3) is 0 Å². The third kappa shape index (κ3) is 8.98. The van der Waals surface area contributed by atoms with Crippen molar-refractivity contribution in [1.29, 1.82) is 0 Å². The number of carbonyl (C=O) groups excluding carboxylic acids is 2. The number of hydrogen-bond donors (Lipinski definition) is 2. The molecule has 5 heteroatoms. The minimum absolute atomic E-state index is 0.00781. The normalized spacial score (nSPS) is 11.5. The molecule has 0 aromatic heterocycles. The molecule has 106 valence electrons. The van der Waals surface area contributed by atoms with Gasteiger partial charge in [0.1, 0.15) is 0 Å². The summed E-state index contributed by atoms with van der Waals surface area (Å²) in [5.41, 5.74) is 0.00781. The third-order valence-electron chi connectivity index (χ3n) is 2.25. The summed E-state index contributed by atoms with van der Waals surface area (Å²) in [6, 6.07) is 0.101. The van der Waals surface area contributed by atoms with Crippen LogP contribution >= 0.6 is 0 Å². The van der Waals surface area contributed by atoms with Crippen LogP contribution in [0.5, 0.6) is 0 Å². The van der Waals surface area contributed by atoms with Crippen LogP contribution in [0.25, 0.3) is 0 Å². The molecule has 5 nitrogen and oxygen atoms in total. The van der Waals surface area contributed by atoms with Crippen molar-refractivity contribution in [3.8, 4) is 0 Å². The molecule has 0 aliphatic rings. The zero-order valence-electron chi connectivity index (χ0n) is 12.5. The summed E-state index contributed by atoms with van der Waals surface area (Å²) in [6.45, 7) is 10.7. The predicted octanol–water partition coefficient (Wildman–Crippen LogP) is 0.748. The van der Waals surface area contributed by atoms with Crippen molar-refractivity contribution in [2.45, 2.75) is 52.6 Å². The molecular formula is C13H27N3O2. The summed E-state index contributed by atoms with van der Waals surface area (Å²) in [6.07, 6.45) is 0.405. The molecule has 0 heterocycles. The molecule has 0 aromatic rings. The molecule has 2 N–H and O–H groups in total. The summed E-state index contributed by atoms with van der Waals surface area (Å²) in [5.74, 6) is -0.143. The Morgan fingerprint density at radius 1 is 1.22 bits per heavy atom. The Balaban J connectivity index is 3.93. The van der Waals surface area contributed by atoms with Crippen LogP contribution < -0.4 is 10.6 Å². The highest BCUT2D eigenvalue weighted by molar-refractivity contribution is 5.84. The van der Waals surface area contributed by atoms with E-state index in [2.05, 4.69) is 31.4 Å². The lowest BCUT2D eigenvalue weighted by atomic mass is 10.1. The maximum Gasteiger partial charge on any atom is 0.239 e. The van der Waals surface area contributed by atoms with Crippen molar-refractivity contribution in [2.75, 3.05) is 20.1 Å². The van der Waals surface area contributed by atoms with Gasteiger partial charge in [0.15, 0.2) is 0 Å². The van der Waals surface area contributed by atoms with Gasteiger partial charge in [-0.3, -0.25) is 9.59 Å². The molecule has 0 spiro atoms. The molecule has 0 saturated heterocycles. The van der Waals surface area contributed by atoms with E-state index < -0.39 is 0 Å². The lowest BCUT2D eigenvalue weighted by molar-refractivity contribution is -0.134. The fraction of sp³-hybridized carbons (Fsp3) is 0.846. The van der Waals surface area contributed by atoms with Crippen molar-refractivity contribution >= 4 is 11.8 Å². The van der Waals surface area contributed by atoms with Crippen molar-refractivity contribution in [2.24, 2.45) is 0 Å². The van der Waals surface area contributed by atoms with Gasteiger partial charge in [0.05, 0.1) is 6.54 Å². The summed E-state index contributed by atoms with van der Waals surface area (Å²) < 4.78 is 0. The molecule has 0 fully saturated rings. The van der Waals surface area contributed by atoms with E-state index in [1.165, 1.54) is 4.90 Å². The Kier molecular flexibility index (Phi) is 6.91. The van der Waals surface area contributed by atoms with Crippen LogP contribution in [0, 0.1) is 0 Å². The minimum Gasteiger partial charge on any atom is -0.352 e. The Morgan fingerprint density at radius 3 is 2.22 bits per heavy atom. The fourth-order valence-electron chi connectivity index (χ4n) is 1.41. The van der Waals surface area contributed by atoms with Gasteiger partial charge >= 0.3 is 0 Å². The van der Waals surface area contributed by atoms with E-state index in [0.717, 1.165) is 0 Å². The summed E-state index contributed by atoms with van der Waals surface area (Å²) in [5, 5.41) is 6.01. The zero-order chi connectivity index (χ0) is 14.3. The van der Waals surface area contributed by atoms with Crippen LogP contribution in [-0.4, -0.2) is 48.4 Å². The van der Waals surface area contributed by atoms with E-state index >= 15 is 0 Å². The highest BCUT2D eigenvalue weighted by atomic mass is 16.2. The summed E-state index contributed by atoms with van der Waals surface area (Å²) in [4.78, 5) is 24.7. The SMILES string of the molecule is CC(C)NC(=O)CN(C)C(=O)CCNC(C)(C)C. The van der Waals surface area contributed by atoms with Gasteiger partial charge in [0.2, 0.25) is 11.8 Å². The van der Waals surface area contributed by atoms with Gasteiger partial charge in [-0.2, -0.15) is 0 Å². The number of amides is 2. The van der Waals surface area contributed by atoms with E-state index in [1.54, 1.807) is 7.05 Å². The molecule has 0 aliphatic heterocycles. The summed E-state index contributed by atoms with van der Waals surface area (Å²) in [7, 11) is 1.65. The Morgan fingerprint density at radius 2 is 1.78 bits per heavy atom.